The first-order valence-electron chi connectivity index (χ1n) is 16.1. The molecule has 2 rings (SSSR count). The summed E-state index contributed by atoms with van der Waals surface area (Å²) in [6.45, 7) is 9.14. The number of benzene rings is 2. The quantitative estimate of drug-likeness (QED) is 0.119. The van der Waals surface area contributed by atoms with Crippen molar-refractivity contribution < 1.29 is 9.47 Å². The van der Waals surface area contributed by atoms with Crippen LogP contribution in [0, 0.1) is 0 Å². The van der Waals surface area contributed by atoms with Gasteiger partial charge in [-0.25, -0.2) is 0 Å². The first-order valence-corrected chi connectivity index (χ1v) is 16.9. The Morgan fingerprint density at radius 1 is 0.575 bits per heavy atom. The number of ether oxygens (including phenoxy) is 2. The fourth-order valence-corrected chi connectivity index (χ4v) is 5.67. The van der Waals surface area contributed by atoms with Gasteiger partial charge in [0.25, 0.3) is 0 Å². The summed E-state index contributed by atoms with van der Waals surface area (Å²) in [5, 5.41) is 0. The molecule has 0 saturated carbocycles. The van der Waals surface area contributed by atoms with Gasteiger partial charge in [0.05, 0.1) is 14.2 Å². The number of nitrogen functional groups attached to an aromatic ring is 1. The van der Waals surface area contributed by atoms with Crippen molar-refractivity contribution in [1.82, 2.24) is 0 Å². The van der Waals surface area contributed by atoms with E-state index in [4.69, 9.17) is 15.2 Å². The zero-order chi connectivity index (χ0) is 29.6. The van der Waals surface area contributed by atoms with E-state index in [1.54, 1.807) is 14.2 Å². The number of unbranched alkanes of at least 4 members (excludes halogenated alkanes) is 12. The van der Waals surface area contributed by atoms with E-state index in [0.717, 1.165) is 21.7 Å². The van der Waals surface area contributed by atoms with Crippen molar-refractivity contribution >= 4 is 21.6 Å². The van der Waals surface area contributed by atoms with E-state index < -0.39 is 0 Å². The minimum atomic E-state index is 0.558. The number of methoxy groups -OCH3 is 2. The highest BCUT2D eigenvalue weighted by Gasteiger charge is 2.09. The second kappa shape index (κ2) is 22.9. The maximum Gasteiger partial charge on any atom is 0.121 e. The van der Waals surface area contributed by atoms with Crippen LogP contribution in [-0.4, -0.2) is 14.2 Å². The number of halogens is 1. The third-order valence-corrected chi connectivity index (χ3v) is 8.39. The summed E-state index contributed by atoms with van der Waals surface area (Å²) in [6.07, 6.45) is 21.7. The van der Waals surface area contributed by atoms with Gasteiger partial charge in [0.1, 0.15) is 11.5 Å². The molecule has 0 radical (unpaired) electrons. The normalized spacial score (nSPS) is 12.4. The maximum absolute atomic E-state index is 5.92. The van der Waals surface area contributed by atoms with Crippen LogP contribution in [-0.2, 0) is 0 Å². The van der Waals surface area contributed by atoms with Crippen LogP contribution in [0.4, 0.5) is 5.69 Å². The lowest BCUT2D eigenvalue weighted by Crippen LogP contribution is -1.97. The minimum Gasteiger partial charge on any atom is -0.497 e. The zero-order valence-corrected chi connectivity index (χ0v) is 28.3. The molecule has 4 heteroatoms. The minimum absolute atomic E-state index is 0.558. The van der Waals surface area contributed by atoms with E-state index in [1.807, 2.05) is 12.1 Å². The number of anilines is 1. The number of hydrogen-bond donors (Lipinski definition) is 1. The SMILES string of the molecule is CCCCCCCCCC(C)c1cc(Br)cc(OC)c1.CCCCCCCCCC(C)c1cc(N)cc(OC)c1. The maximum atomic E-state index is 5.92. The third kappa shape index (κ3) is 16.6. The Bertz CT molecular complexity index is 827. The fourth-order valence-electron chi connectivity index (χ4n) is 5.18. The Morgan fingerprint density at radius 3 is 1.43 bits per heavy atom. The second-order valence-electron chi connectivity index (χ2n) is 11.6. The van der Waals surface area contributed by atoms with Gasteiger partial charge in [0.15, 0.2) is 0 Å². The molecule has 0 saturated heterocycles. The summed E-state index contributed by atoms with van der Waals surface area (Å²) in [4.78, 5) is 0. The van der Waals surface area contributed by atoms with E-state index >= 15 is 0 Å². The number of rotatable bonds is 20. The van der Waals surface area contributed by atoms with E-state index in [2.05, 4.69) is 67.9 Å². The summed E-state index contributed by atoms with van der Waals surface area (Å²) in [5.74, 6) is 2.98. The molecule has 2 aromatic rings. The highest BCUT2D eigenvalue weighted by Crippen LogP contribution is 2.30. The largest absolute Gasteiger partial charge is 0.497 e. The monoisotopic (exact) mass is 617 g/mol. The van der Waals surface area contributed by atoms with Gasteiger partial charge in [-0.2, -0.15) is 0 Å². The molecule has 2 unspecified atom stereocenters. The lowest BCUT2D eigenvalue weighted by Gasteiger charge is -2.14. The van der Waals surface area contributed by atoms with Crippen molar-refractivity contribution in [3.8, 4) is 11.5 Å². The highest BCUT2D eigenvalue weighted by molar-refractivity contribution is 9.10. The first-order chi connectivity index (χ1) is 19.3. The van der Waals surface area contributed by atoms with Gasteiger partial charge in [-0.15, -0.1) is 0 Å². The van der Waals surface area contributed by atoms with Crippen LogP contribution < -0.4 is 15.2 Å². The van der Waals surface area contributed by atoms with Crippen molar-refractivity contribution in [2.24, 2.45) is 0 Å². The van der Waals surface area contributed by atoms with Gasteiger partial charge in [-0.1, -0.05) is 134 Å². The molecule has 0 aromatic heterocycles. The standard InChI is InChI=1S/C18H29BrO.C18H31NO/c2*1-4-5-6-7-8-9-10-11-15(2)16-12-17(19)14-18(13-16)20-3/h12-15H,4-11H2,1-3H3;12-15H,4-11,19H2,1-3H3. The first kappa shape index (κ1) is 36.3. The number of hydrogen-bond acceptors (Lipinski definition) is 3. The van der Waals surface area contributed by atoms with Gasteiger partial charge in [-0.3, -0.25) is 0 Å². The number of nitrogens with two attached hydrogens (primary N) is 1. The van der Waals surface area contributed by atoms with Crippen LogP contribution in [0.3, 0.4) is 0 Å². The van der Waals surface area contributed by atoms with Gasteiger partial charge >= 0.3 is 0 Å². The molecule has 0 heterocycles. The Labute approximate surface area is 256 Å². The van der Waals surface area contributed by atoms with Gasteiger partial charge < -0.3 is 15.2 Å². The van der Waals surface area contributed by atoms with E-state index in [-0.39, 0.29) is 0 Å². The summed E-state index contributed by atoms with van der Waals surface area (Å²) in [5.41, 5.74) is 9.39. The summed E-state index contributed by atoms with van der Waals surface area (Å²) < 4.78 is 11.7. The van der Waals surface area contributed by atoms with Crippen LogP contribution in [0.2, 0.25) is 0 Å². The lowest BCUT2D eigenvalue weighted by atomic mass is 9.94. The molecule has 0 aliphatic carbocycles. The molecule has 2 aromatic carbocycles. The molecule has 2 atom stereocenters. The van der Waals surface area contributed by atoms with Gasteiger partial charge in [-0.05, 0) is 66.1 Å². The Balaban J connectivity index is 0.000000400. The summed E-state index contributed by atoms with van der Waals surface area (Å²) >= 11 is 3.56. The van der Waals surface area contributed by atoms with E-state index in [9.17, 15) is 0 Å². The molecule has 0 fully saturated rings. The Kier molecular flexibility index (Phi) is 20.8. The summed E-state index contributed by atoms with van der Waals surface area (Å²) in [6, 6.07) is 12.5. The fraction of sp³-hybridized carbons (Fsp3) is 0.667. The Morgan fingerprint density at radius 2 is 0.975 bits per heavy atom. The smallest absolute Gasteiger partial charge is 0.121 e. The molecule has 0 aliphatic rings. The summed E-state index contributed by atoms with van der Waals surface area (Å²) in [7, 11) is 3.42. The Hall–Kier alpha value is -1.68. The molecule has 228 valence electrons. The molecular weight excluding hydrogens is 558 g/mol. The van der Waals surface area contributed by atoms with Crippen molar-refractivity contribution in [2.45, 2.75) is 142 Å². The molecule has 0 bridgehead atoms. The van der Waals surface area contributed by atoms with Crippen LogP contribution in [0.25, 0.3) is 0 Å². The van der Waals surface area contributed by atoms with Gasteiger partial charge in [0, 0.05) is 16.2 Å². The van der Waals surface area contributed by atoms with Crippen LogP contribution in [0.5, 0.6) is 11.5 Å². The molecule has 0 amide bonds. The van der Waals surface area contributed by atoms with Crippen LogP contribution in [0.15, 0.2) is 40.9 Å². The van der Waals surface area contributed by atoms with Crippen molar-refractivity contribution in [1.29, 1.82) is 0 Å². The third-order valence-electron chi connectivity index (χ3n) is 7.94. The zero-order valence-electron chi connectivity index (χ0n) is 26.7. The topological polar surface area (TPSA) is 44.5 Å². The molecule has 2 N–H and O–H groups in total. The van der Waals surface area contributed by atoms with Crippen molar-refractivity contribution in [2.75, 3.05) is 20.0 Å². The average Bonchev–Trinajstić information content (AvgIpc) is 2.95. The molecule has 40 heavy (non-hydrogen) atoms. The molecular formula is C36H60BrNO2. The lowest BCUT2D eigenvalue weighted by molar-refractivity contribution is 0.413. The van der Waals surface area contributed by atoms with Crippen LogP contribution >= 0.6 is 15.9 Å². The van der Waals surface area contributed by atoms with Crippen molar-refractivity contribution in [3.63, 3.8) is 0 Å². The van der Waals surface area contributed by atoms with E-state index in [0.29, 0.717) is 11.8 Å². The van der Waals surface area contributed by atoms with Crippen LogP contribution in [0.1, 0.15) is 153 Å². The predicted molar refractivity (Wildman–Crippen MR) is 180 cm³/mol. The predicted octanol–water partition coefficient (Wildman–Crippen LogP) is 12.2. The molecule has 3 nitrogen and oxygen atoms in total. The molecule has 0 aliphatic heterocycles. The van der Waals surface area contributed by atoms with Crippen molar-refractivity contribution in [3.05, 3.63) is 52.0 Å². The highest BCUT2D eigenvalue weighted by atomic mass is 79.9. The second-order valence-corrected chi connectivity index (χ2v) is 12.5. The average molecular weight is 619 g/mol. The van der Waals surface area contributed by atoms with Gasteiger partial charge in [0.2, 0.25) is 0 Å². The molecule has 0 spiro atoms. The van der Waals surface area contributed by atoms with E-state index in [1.165, 1.54) is 114 Å².